The van der Waals surface area contributed by atoms with Crippen molar-refractivity contribution in [3.63, 3.8) is 0 Å². The number of guanidine groups is 1. The molecule has 1 aromatic rings. The summed E-state index contributed by atoms with van der Waals surface area (Å²) in [7, 11) is 0. The fourth-order valence-corrected chi connectivity index (χ4v) is 1.08. The Morgan fingerprint density at radius 3 is 2.54 bits per heavy atom. The molecule has 1 aromatic carbocycles. The topological polar surface area (TPSA) is 76.4 Å². The molecule has 0 bridgehead atoms. The number of nitrogens with zero attached hydrogens (tertiary/aromatic N) is 1. The van der Waals surface area contributed by atoms with Crippen molar-refractivity contribution in [1.82, 2.24) is 5.43 Å². The first kappa shape index (κ1) is 10.0. The molecule has 0 saturated carbocycles. The first-order valence-corrected chi connectivity index (χ1v) is 4.52. The molecule has 4 nitrogen and oxygen atoms in total. The molecule has 0 fully saturated rings. The van der Waals surface area contributed by atoms with E-state index in [1.54, 1.807) is 0 Å². The van der Waals surface area contributed by atoms with Gasteiger partial charge >= 0.3 is 0 Å². The van der Waals surface area contributed by atoms with Gasteiger partial charge in [0.2, 0.25) is 5.96 Å². The summed E-state index contributed by atoms with van der Waals surface area (Å²) in [5, 5.41) is 0. The van der Waals surface area contributed by atoms with Crippen LogP contribution in [0.5, 0.6) is 0 Å². The number of nitrogens with two attached hydrogens (primary N) is 2. The summed E-state index contributed by atoms with van der Waals surface area (Å²) in [6.07, 6.45) is 0. The van der Waals surface area contributed by atoms with Crippen molar-refractivity contribution in [2.75, 3.05) is 0 Å². The van der Waals surface area contributed by atoms with Crippen LogP contribution in [0.1, 0.15) is 5.56 Å². The van der Waals surface area contributed by atoms with Gasteiger partial charge in [0.1, 0.15) is 0 Å². The zero-order valence-electron chi connectivity index (χ0n) is 7.00. The predicted octanol–water partition coefficient (Wildman–Crippen LogP) is 0.727. The molecule has 1 rings (SSSR count). The van der Waals surface area contributed by atoms with Crippen LogP contribution in [0.15, 0.2) is 33.7 Å². The molecule has 0 atom stereocenters. The smallest absolute Gasteiger partial charge is 0.203 e. The van der Waals surface area contributed by atoms with Crippen LogP contribution in [-0.2, 0) is 6.54 Å². The van der Waals surface area contributed by atoms with Crippen LogP contribution >= 0.6 is 15.9 Å². The maximum absolute atomic E-state index is 5.36. The van der Waals surface area contributed by atoms with Gasteiger partial charge in [0, 0.05) is 4.47 Å². The van der Waals surface area contributed by atoms with Crippen molar-refractivity contribution < 1.29 is 0 Å². The summed E-state index contributed by atoms with van der Waals surface area (Å²) in [5.41, 5.74) is 8.71. The van der Waals surface area contributed by atoms with E-state index in [1.807, 2.05) is 24.3 Å². The van der Waals surface area contributed by atoms with Gasteiger partial charge in [-0.3, -0.25) is 5.43 Å². The fourth-order valence-electron chi connectivity index (χ4n) is 0.812. The minimum atomic E-state index is 0.239. The molecule has 70 valence electrons. The Balaban J connectivity index is 2.60. The Morgan fingerprint density at radius 1 is 1.38 bits per heavy atom. The van der Waals surface area contributed by atoms with Gasteiger partial charge in [-0.2, -0.15) is 0 Å². The van der Waals surface area contributed by atoms with Crippen LogP contribution in [0.2, 0.25) is 0 Å². The molecular formula is C8H11BrN4. The van der Waals surface area contributed by atoms with E-state index in [0.29, 0.717) is 6.54 Å². The Bertz CT molecular complexity index is 294. The average Bonchev–Trinajstić information content (AvgIpc) is 2.16. The third kappa shape index (κ3) is 3.43. The van der Waals surface area contributed by atoms with Gasteiger partial charge in [-0.1, -0.05) is 28.1 Å². The zero-order valence-corrected chi connectivity index (χ0v) is 8.58. The monoisotopic (exact) mass is 242 g/mol. The molecular weight excluding hydrogens is 232 g/mol. The normalized spacial score (nSPS) is 11.4. The van der Waals surface area contributed by atoms with Gasteiger partial charge in [0.15, 0.2) is 0 Å². The molecule has 0 aliphatic carbocycles. The first-order chi connectivity index (χ1) is 6.22. The minimum Gasteiger partial charge on any atom is -0.369 e. The van der Waals surface area contributed by atoms with Crippen LogP contribution in [0.3, 0.4) is 0 Å². The van der Waals surface area contributed by atoms with E-state index in [4.69, 9.17) is 11.6 Å². The maximum Gasteiger partial charge on any atom is 0.203 e. The Hall–Kier alpha value is -1.07. The molecule has 5 heteroatoms. The van der Waals surface area contributed by atoms with Gasteiger partial charge in [-0.25, -0.2) is 10.8 Å². The lowest BCUT2D eigenvalue weighted by molar-refractivity contribution is 0.958. The van der Waals surface area contributed by atoms with E-state index in [2.05, 4.69) is 26.3 Å². The largest absolute Gasteiger partial charge is 0.369 e. The maximum atomic E-state index is 5.36. The van der Waals surface area contributed by atoms with Gasteiger partial charge < -0.3 is 5.73 Å². The summed E-state index contributed by atoms with van der Waals surface area (Å²) in [6.45, 7) is 0.531. The highest BCUT2D eigenvalue weighted by atomic mass is 79.9. The number of hydrogen-bond acceptors (Lipinski definition) is 2. The Morgan fingerprint density at radius 2 is 2.00 bits per heavy atom. The molecule has 0 unspecified atom stereocenters. The zero-order chi connectivity index (χ0) is 9.68. The van der Waals surface area contributed by atoms with Crippen molar-refractivity contribution >= 4 is 21.9 Å². The highest BCUT2D eigenvalue weighted by Gasteiger charge is 1.91. The summed E-state index contributed by atoms with van der Waals surface area (Å²) < 4.78 is 1.05. The third-order valence-corrected chi connectivity index (χ3v) is 2.02. The first-order valence-electron chi connectivity index (χ1n) is 3.73. The standard InChI is InChI=1S/C8H11BrN4/c9-7-3-1-6(2-4-7)5-12-8(10)13-11/h1-4H,5,11H2,(H3,10,12,13). The van der Waals surface area contributed by atoms with E-state index < -0.39 is 0 Å². The van der Waals surface area contributed by atoms with Crippen LogP contribution in [0.4, 0.5) is 0 Å². The average molecular weight is 243 g/mol. The van der Waals surface area contributed by atoms with Crippen LogP contribution < -0.4 is 17.0 Å². The van der Waals surface area contributed by atoms with Crippen molar-refractivity contribution in [2.45, 2.75) is 6.54 Å². The third-order valence-electron chi connectivity index (χ3n) is 1.49. The molecule has 0 aliphatic heterocycles. The number of nitrogens with one attached hydrogen (secondary N) is 1. The lowest BCUT2D eigenvalue weighted by Gasteiger charge is -1.99. The number of halogens is 1. The molecule has 0 aromatic heterocycles. The SMILES string of the molecule is NNC(N)=NCc1ccc(Br)cc1. The van der Waals surface area contributed by atoms with Gasteiger partial charge in [-0.15, -0.1) is 0 Å². The van der Waals surface area contributed by atoms with Crippen molar-refractivity contribution in [1.29, 1.82) is 0 Å². The molecule has 5 N–H and O–H groups in total. The van der Waals surface area contributed by atoms with Gasteiger partial charge in [0.25, 0.3) is 0 Å². The number of hydrazine groups is 1. The summed E-state index contributed by atoms with van der Waals surface area (Å²) in [5.74, 6) is 5.29. The number of hydrogen-bond donors (Lipinski definition) is 3. The van der Waals surface area contributed by atoms with Crippen molar-refractivity contribution in [3.05, 3.63) is 34.3 Å². The Labute approximate surface area is 85.1 Å². The van der Waals surface area contributed by atoms with Crippen LogP contribution in [-0.4, -0.2) is 5.96 Å². The summed E-state index contributed by atoms with van der Waals surface area (Å²) in [4.78, 5) is 3.99. The lowest BCUT2D eigenvalue weighted by Crippen LogP contribution is -2.37. The summed E-state index contributed by atoms with van der Waals surface area (Å²) in [6, 6.07) is 7.85. The van der Waals surface area contributed by atoms with Gasteiger partial charge in [-0.05, 0) is 17.7 Å². The number of rotatable bonds is 2. The highest BCUT2D eigenvalue weighted by Crippen LogP contribution is 2.10. The number of benzene rings is 1. The predicted molar refractivity (Wildman–Crippen MR) is 56.8 cm³/mol. The Kier molecular flexibility index (Phi) is 3.72. The van der Waals surface area contributed by atoms with Crippen LogP contribution in [0, 0.1) is 0 Å². The van der Waals surface area contributed by atoms with E-state index in [-0.39, 0.29) is 5.96 Å². The second-order valence-corrected chi connectivity index (χ2v) is 3.39. The van der Waals surface area contributed by atoms with Crippen LogP contribution in [0.25, 0.3) is 0 Å². The highest BCUT2D eigenvalue weighted by molar-refractivity contribution is 9.10. The quantitative estimate of drug-likeness (QED) is 0.310. The molecule has 0 amide bonds. The molecule has 0 radical (unpaired) electrons. The molecule has 0 saturated heterocycles. The molecule has 13 heavy (non-hydrogen) atoms. The second kappa shape index (κ2) is 4.84. The fraction of sp³-hybridized carbons (Fsp3) is 0.125. The molecule has 0 spiro atoms. The molecule has 0 aliphatic rings. The van der Waals surface area contributed by atoms with Crippen molar-refractivity contribution in [3.8, 4) is 0 Å². The molecule has 0 heterocycles. The summed E-state index contributed by atoms with van der Waals surface area (Å²) >= 11 is 3.35. The van der Waals surface area contributed by atoms with E-state index in [1.165, 1.54) is 0 Å². The number of aliphatic imine (C=N–C) groups is 1. The van der Waals surface area contributed by atoms with Crippen molar-refractivity contribution in [2.24, 2.45) is 16.6 Å². The minimum absolute atomic E-state index is 0.239. The van der Waals surface area contributed by atoms with E-state index >= 15 is 0 Å². The lowest BCUT2D eigenvalue weighted by atomic mass is 10.2. The van der Waals surface area contributed by atoms with E-state index in [9.17, 15) is 0 Å². The second-order valence-electron chi connectivity index (χ2n) is 2.47. The van der Waals surface area contributed by atoms with E-state index in [0.717, 1.165) is 10.0 Å². The van der Waals surface area contributed by atoms with Gasteiger partial charge in [0.05, 0.1) is 6.54 Å².